The number of anilines is 1. The Morgan fingerprint density at radius 2 is 1.90 bits per heavy atom. The van der Waals surface area contributed by atoms with E-state index in [0.717, 1.165) is 13.0 Å². The van der Waals surface area contributed by atoms with E-state index in [0.29, 0.717) is 23.7 Å². The lowest BCUT2D eigenvalue weighted by Gasteiger charge is -2.12. The van der Waals surface area contributed by atoms with Crippen LogP contribution in [0.1, 0.15) is 6.42 Å². The number of carbonyl (C=O) groups excluding carboxylic acids is 1. The fourth-order valence-corrected chi connectivity index (χ4v) is 1.69. The quantitative estimate of drug-likeness (QED) is 0.748. The predicted molar refractivity (Wildman–Crippen MR) is 79.7 cm³/mol. The summed E-state index contributed by atoms with van der Waals surface area (Å²) in [4.78, 5) is 13.8. The number of hydrogen-bond acceptors (Lipinski definition) is 4. The minimum Gasteiger partial charge on any atom is -0.493 e. The van der Waals surface area contributed by atoms with Gasteiger partial charge in [-0.05, 0) is 39.2 Å². The number of rotatable bonds is 7. The first-order valence-electron chi connectivity index (χ1n) is 6.48. The zero-order valence-corrected chi connectivity index (χ0v) is 12.5. The molecule has 6 heteroatoms. The summed E-state index contributed by atoms with van der Waals surface area (Å²) >= 11 is 0. The zero-order chi connectivity index (χ0) is 15.0. The van der Waals surface area contributed by atoms with Crippen molar-refractivity contribution in [3.63, 3.8) is 0 Å². The number of nitrogens with zero attached hydrogens (tertiary/aromatic N) is 1. The zero-order valence-electron chi connectivity index (χ0n) is 12.5. The summed E-state index contributed by atoms with van der Waals surface area (Å²) < 4.78 is 10.3. The Bertz CT molecular complexity index is 436. The molecule has 0 radical (unpaired) electrons. The van der Waals surface area contributed by atoms with Crippen LogP contribution in [0.2, 0.25) is 0 Å². The van der Waals surface area contributed by atoms with E-state index in [4.69, 9.17) is 9.47 Å². The fraction of sp³-hybridized carbons (Fsp3) is 0.500. The molecule has 0 spiro atoms. The Labute approximate surface area is 120 Å². The molecule has 0 atom stereocenters. The monoisotopic (exact) mass is 281 g/mol. The van der Waals surface area contributed by atoms with Crippen LogP contribution in [-0.2, 0) is 0 Å². The first-order valence-corrected chi connectivity index (χ1v) is 6.48. The molecule has 0 heterocycles. The van der Waals surface area contributed by atoms with Crippen LogP contribution in [-0.4, -0.2) is 52.3 Å². The van der Waals surface area contributed by atoms with Gasteiger partial charge in [0.05, 0.1) is 14.2 Å². The highest BCUT2D eigenvalue weighted by Crippen LogP contribution is 2.29. The summed E-state index contributed by atoms with van der Waals surface area (Å²) in [6.07, 6.45) is 0.909. The van der Waals surface area contributed by atoms with E-state index in [2.05, 4.69) is 15.5 Å². The largest absolute Gasteiger partial charge is 0.493 e. The number of nitrogens with one attached hydrogen (secondary N) is 2. The van der Waals surface area contributed by atoms with E-state index < -0.39 is 0 Å². The van der Waals surface area contributed by atoms with Crippen LogP contribution in [0.25, 0.3) is 0 Å². The highest BCUT2D eigenvalue weighted by molar-refractivity contribution is 5.89. The molecular weight excluding hydrogens is 258 g/mol. The third-order valence-corrected chi connectivity index (χ3v) is 2.71. The first-order chi connectivity index (χ1) is 9.56. The van der Waals surface area contributed by atoms with Crippen LogP contribution in [0.5, 0.6) is 11.5 Å². The molecule has 20 heavy (non-hydrogen) atoms. The van der Waals surface area contributed by atoms with Gasteiger partial charge in [0.25, 0.3) is 0 Å². The second kappa shape index (κ2) is 8.27. The second-order valence-electron chi connectivity index (χ2n) is 4.61. The van der Waals surface area contributed by atoms with Gasteiger partial charge in [0.15, 0.2) is 11.5 Å². The number of urea groups is 1. The van der Waals surface area contributed by atoms with E-state index in [1.54, 1.807) is 32.4 Å². The molecule has 112 valence electrons. The molecule has 0 saturated carbocycles. The number of carbonyl (C=O) groups is 1. The number of methoxy groups -OCH3 is 2. The van der Waals surface area contributed by atoms with Crippen molar-refractivity contribution in [2.24, 2.45) is 0 Å². The SMILES string of the molecule is COc1ccc(NC(=O)NCCCN(C)C)cc1OC. The second-order valence-corrected chi connectivity index (χ2v) is 4.61. The normalized spacial score (nSPS) is 10.2. The Hall–Kier alpha value is -1.95. The number of benzene rings is 1. The average molecular weight is 281 g/mol. The molecule has 0 fully saturated rings. The molecule has 0 bridgehead atoms. The van der Waals surface area contributed by atoms with E-state index in [-0.39, 0.29) is 6.03 Å². The van der Waals surface area contributed by atoms with Crippen molar-refractivity contribution < 1.29 is 14.3 Å². The van der Waals surface area contributed by atoms with E-state index in [1.165, 1.54) is 0 Å². The van der Waals surface area contributed by atoms with Crippen molar-refractivity contribution in [3.05, 3.63) is 18.2 Å². The van der Waals surface area contributed by atoms with Crippen LogP contribution < -0.4 is 20.1 Å². The summed E-state index contributed by atoms with van der Waals surface area (Å²) in [5, 5.41) is 5.56. The van der Waals surface area contributed by atoms with Crippen LogP contribution in [0.15, 0.2) is 18.2 Å². The third-order valence-electron chi connectivity index (χ3n) is 2.71. The summed E-state index contributed by atoms with van der Waals surface area (Å²) in [5.41, 5.74) is 0.660. The van der Waals surface area contributed by atoms with Gasteiger partial charge in [0.2, 0.25) is 0 Å². The number of ether oxygens (including phenoxy) is 2. The van der Waals surface area contributed by atoms with E-state index in [1.807, 2.05) is 14.1 Å². The van der Waals surface area contributed by atoms with E-state index in [9.17, 15) is 4.79 Å². The molecule has 0 saturated heterocycles. The van der Waals surface area contributed by atoms with E-state index >= 15 is 0 Å². The minimum atomic E-state index is -0.226. The summed E-state index contributed by atoms with van der Waals surface area (Å²) in [6.45, 7) is 1.58. The molecular formula is C14H23N3O3. The highest BCUT2D eigenvalue weighted by atomic mass is 16.5. The van der Waals surface area contributed by atoms with Gasteiger partial charge in [0, 0.05) is 18.3 Å². The van der Waals surface area contributed by atoms with Gasteiger partial charge in [0.1, 0.15) is 0 Å². The predicted octanol–water partition coefficient (Wildman–Crippen LogP) is 1.78. The van der Waals surface area contributed by atoms with Crippen LogP contribution in [0.4, 0.5) is 10.5 Å². The highest BCUT2D eigenvalue weighted by Gasteiger charge is 2.06. The van der Waals surface area contributed by atoms with Crippen molar-refractivity contribution in [2.75, 3.05) is 46.7 Å². The lowest BCUT2D eigenvalue weighted by molar-refractivity contribution is 0.251. The van der Waals surface area contributed by atoms with Gasteiger partial charge in [-0.15, -0.1) is 0 Å². The topological polar surface area (TPSA) is 62.8 Å². The molecule has 2 amide bonds. The van der Waals surface area contributed by atoms with Crippen molar-refractivity contribution in [3.8, 4) is 11.5 Å². The first kappa shape index (κ1) is 16.1. The standard InChI is InChI=1S/C14H23N3O3/c1-17(2)9-5-8-15-14(18)16-11-6-7-12(19-3)13(10-11)20-4/h6-7,10H,5,8-9H2,1-4H3,(H2,15,16,18). The molecule has 0 aliphatic carbocycles. The Morgan fingerprint density at radius 3 is 2.50 bits per heavy atom. The molecule has 0 aliphatic heterocycles. The summed E-state index contributed by atoms with van der Waals surface area (Å²) in [6, 6.07) is 5.01. The molecule has 1 rings (SSSR count). The minimum absolute atomic E-state index is 0.226. The maximum atomic E-state index is 11.7. The van der Waals surface area contributed by atoms with Gasteiger partial charge >= 0.3 is 6.03 Å². The third kappa shape index (κ3) is 5.36. The molecule has 2 N–H and O–H groups in total. The van der Waals surface area contributed by atoms with Gasteiger partial charge < -0.3 is 25.0 Å². The van der Waals surface area contributed by atoms with Gasteiger partial charge in [-0.25, -0.2) is 4.79 Å². The number of hydrogen-bond donors (Lipinski definition) is 2. The van der Waals surface area contributed by atoms with Crippen LogP contribution in [0.3, 0.4) is 0 Å². The van der Waals surface area contributed by atoms with Crippen molar-refractivity contribution in [2.45, 2.75) is 6.42 Å². The van der Waals surface area contributed by atoms with Gasteiger partial charge in [-0.1, -0.05) is 0 Å². The molecule has 0 unspecified atom stereocenters. The number of amides is 2. The Kier molecular flexibility index (Phi) is 6.66. The maximum Gasteiger partial charge on any atom is 0.319 e. The lowest BCUT2D eigenvalue weighted by Crippen LogP contribution is -2.31. The molecule has 1 aromatic rings. The molecule has 0 aliphatic rings. The Morgan fingerprint density at radius 1 is 1.20 bits per heavy atom. The molecule has 0 aromatic heterocycles. The van der Waals surface area contributed by atoms with Crippen molar-refractivity contribution in [1.29, 1.82) is 0 Å². The van der Waals surface area contributed by atoms with Gasteiger partial charge in [-0.2, -0.15) is 0 Å². The summed E-state index contributed by atoms with van der Waals surface area (Å²) in [5.74, 6) is 1.21. The summed E-state index contributed by atoms with van der Waals surface area (Å²) in [7, 11) is 7.14. The molecule has 6 nitrogen and oxygen atoms in total. The van der Waals surface area contributed by atoms with Crippen LogP contribution >= 0.6 is 0 Å². The fourth-order valence-electron chi connectivity index (χ4n) is 1.69. The average Bonchev–Trinajstić information content (AvgIpc) is 2.43. The van der Waals surface area contributed by atoms with Crippen molar-refractivity contribution >= 4 is 11.7 Å². The van der Waals surface area contributed by atoms with Crippen LogP contribution in [0, 0.1) is 0 Å². The lowest BCUT2D eigenvalue weighted by atomic mass is 10.3. The van der Waals surface area contributed by atoms with Crippen molar-refractivity contribution in [1.82, 2.24) is 10.2 Å². The Balaban J connectivity index is 2.45. The maximum absolute atomic E-state index is 11.7. The smallest absolute Gasteiger partial charge is 0.319 e. The van der Waals surface area contributed by atoms with Gasteiger partial charge in [-0.3, -0.25) is 0 Å². The molecule has 1 aromatic carbocycles.